The molecule has 0 radical (unpaired) electrons. The van der Waals surface area contributed by atoms with Crippen molar-refractivity contribution in [2.75, 3.05) is 13.1 Å². The van der Waals surface area contributed by atoms with Gasteiger partial charge in [-0.05, 0) is 44.0 Å². The number of hydrogen-bond donors (Lipinski definition) is 1. The van der Waals surface area contributed by atoms with Crippen LogP contribution in [0.4, 0.5) is 4.39 Å². The van der Waals surface area contributed by atoms with Gasteiger partial charge >= 0.3 is 0 Å². The Bertz CT molecular complexity index is 596. The molecular weight excluding hydrogens is 229 g/mol. The highest BCUT2D eigenvalue weighted by Gasteiger charge is 2.30. The fourth-order valence-electron chi connectivity index (χ4n) is 2.76. The zero-order valence-electron chi connectivity index (χ0n) is 10.2. The molecule has 2 fully saturated rings. The first-order valence-electron chi connectivity index (χ1n) is 6.68. The van der Waals surface area contributed by atoms with Gasteiger partial charge in [0.1, 0.15) is 11.6 Å². The number of nitrogens with zero attached hydrogens (tertiary/aromatic N) is 2. The molecule has 0 bridgehead atoms. The van der Waals surface area contributed by atoms with Crippen molar-refractivity contribution < 1.29 is 4.39 Å². The summed E-state index contributed by atoms with van der Waals surface area (Å²) in [5.41, 5.74) is 1.91. The second kappa shape index (κ2) is 3.79. The fraction of sp³-hybridized carbons (Fsp3) is 0.500. The highest BCUT2D eigenvalue weighted by atomic mass is 19.1. The van der Waals surface area contributed by atoms with Crippen LogP contribution in [0.2, 0.25) is 0 Å². The molecule has 0 amide bonds. The summed E-state index contributed by atoms with van der Waals surface area (Å²) >= 11 is 0. The van der Waals surface area contributed by atoms with Gasteiger partial charge in [-0.1, -0.05) is 0 Å². The van der Waals surface area contributed by atoms with Crippen LogP contribution in [0.3, 0.4) is 0 Å². The summed E-state index contributed by atoms with van der Waals surface area (Å²) in [6.45, 7) is 2.17. The number of fused-ring (bicyclic) bond motifs is 1. The fourth-order valence-corrected chi connectivity index (χ4v) is 2.76. The van der Waals surface area contributed by atoms with Gasteiger partial charge in [0.15, 0.2) is 0 Å². The maximum atomic E-state index is 13.3. The Balaban J connectivity index is 1.81. The van der Waals surface area contributed by atoms with Gasteiger partial charge in [-0.3, -0.25) is 0 Å². The van der Waals surface area contributed by atoms with E-state index in [-0.39, 0.29) is 5.82 Å². The summed E-state index contributed by atoms with van der Waals surface area (Å²) < 4.78 is 15.6. The summed E-state index contributed by atoms with van der Waals surface area (Å²) in [5, 5.41) is 3.29. The Morgan fingerprint density at radius 2 is 2.17 bits per heavy atom. The molecule has 1 N–H and O–H groups in total. The van der Waals surface area contributed by atoms with Gasteiger partial charge < -0.3 is 9.88 Å². The van der Waals surface area contributed by atoms with Gasteiger partial charge in [0.25, 0.3) is 0 Å². The van der Waals surface area contributed by atoms with Crippen LogP contribution in [0.1, 0.15) is 24.7 Å². The molecule has 1 saturated heterocycles. The van der Waals surface area contributed by atoms with Crippen molar-refractivity contribution in [2.24, 2.45) is 5.92 Å². The van der Waals surface area contributed by atoms with E-state index in [1.165, 1.54) is 18.9 Å². The van der Waals surface area contributed by atoms with Crippen molar-refractivity contribution in [3.8, 4) is 0 Å². The highest BCUT2D eigenvalue weighted by molar-refractivity contribution is 5.76. The predicted octanol–water partition coefficient (Wildman–Crippen LogP) is 2.27. The quantitative estimate of drug-likeness (QED) is 0.899. The molecule has 1 aliphatic heterocycles. The molecule has 2 aromatic rings. The molecule has 2 aliphatic rings. The third kappa shape index (κ3) is 1.63. The van der Waals surface area contributed by atoms with E-state index in [1.54, 1.807) is 6.07 Å². The van der Waals surface area contributed by atoms with Crippen LogP contribution >= 0.6 is 0 Å². The number of halogens is 1. The first-order chi connectivity index (χ1) is 8.81. The van der Waals surface area contributed by atoms with Crippen molar-refractivity contribution >= 4 is 11.0 Å². The Morgan fingerprint density at radius 3 is 2.83 bits per heavy atom. The Kier molecular flexibility index (Phi) is 2.21. The highest BCUT2D eigenvalue weighted by Crippen LogP contribution is 2.39. The SMILES string of the molecule is Fc1ccc2c(c1)nc(CC1CNC1)n2C1CC1. The minimum absolute atomic E-state index is 0.195. The first kappa shape index (κ1) is 10.5. The molecule has 4 rings (SSSR count). The normalized spacial score (nSPS) is 20.3. The number of hydrogen-bond acceptors (Lipinski definition) is 2. The smallest absolute Gasteiger partial charge is 0.125 e. The predicted molar refractivity (Wildman–Crippen MR) is 68.0 cm³/mol. The van der Waals surface area contributed by atoms with Gasteiger partial charge in [-0.15, -0.1) is 0 Å². The molecule has 1 aromatic heterocycles. The van der Waals surface area contributed by atoms with Gasteiger partial charge in [0, 0.05) is 18.5 Å². The summed E-state index contributed by atoms with van der Waals surface area (Å²) in [7, 11) is 0. The lowest BCUT2D eigenvalue weighted by Gasteiger charge is -2.26. The molecule has 3 nitrogen and oxygen atoms in total. The van der Waals surface area contributed by atoms with Crippen molar-refractivity contribution in [3.63, 3.8) is 0 Å². The Morgan fingerprint density at radius 1 is 1.33 bits per heavy atom. The molecule has 94 valence electrons. The van der Waals surface area contributed by atoms with Crippen LogP contribution in [0.25, 0.3) is 11.0 Å². The number of benzene rings is 1. The topological polar surface area (TPSA) is 29.9 Å². The molecule has 1 saturated carbocycles. The van der Waals surface area contributed by atoms with Gasteiger partial charge in [-0.25, -0.2) is 9.37 Å². The minimum Gasteiger partial charge on any atom is -0.325 e. The van der Waals surface area contributed by atoms with Crippen LogP contribution in [0.15, 0.2) is 18.2 Å². The zero-order valence-corrected chi connectivity index (χ0v) is 10.2. The lowest BCUT2D eigenvalue weighted by Crippen LogP contribution is -2.43. The molecule has 2 heterocycles. The van der Waals surface area contributed by atoms with Crippen LogP contribution in [0, 0.1) is 11.7 Å². The Labute approximate surface area is 105 Å². The lowest BCUT2D eigenvalue weighted by atomic mass is 9.99. The molecule has 0 spiro atoms. The lowest BCUT2D eigenvalue weighted by molar-refractivity contribution is 0.337. The van der Waals surface area contributed by atoms with E-state index in [1.807, 2.05) is 6.07 Å². The van der Waals surface area contributed by atoms with E-state index in [4.69, 9.17) is 0 Å². The number of imidazole rings is 1. The van der Waals surface area contributed by atoms with Crippen LogP contribution in [0.5, 0.6) is 0 Å². The van der Waals surface area contributed by atoms with Crippen molar-refractivity contribution in [3.05, 3.63) is 29.8 Å². The van der Waals surface area contributed by atoms with E-state index in [0.29, 0.717) is 12.0 Å². The molecule has 1 aromatic carbocycles. The molecule has 1 aliphatic carbocycles. The first-order valence-corrected chi connectivity index (χ1v) is 6.68. The van der Waals surface area contributed by atoms with Crippen LogP contribution in [-0.2, 0) is 6.42 Å². The number of rotatable bonds is 3. The average Bonchev–Trinajstić information content (AvgIpc) is 3.06. The Hall–Kier alpha value is -1.42. The molecule has 4 heteroatoms. The van der Waals surface area contributed by atoms with E-state index in [2.05, 4.69) is 14.9 Å². The third-order valence-corrected chi connectivity index (χ3v) is 3.97. The maximum Gasteiger partial charge on any atom is 0.125 e. The maximum absolute atomic E-state index is 13.3. The monoisotopic (exact) mass is 245 g/mol. The summed E-state index contributed by atoms with van der Waals surface area (Å²) in [5.74, 6) is 1.65. The average molecular weight is 245 g/mol. The van der Waals surface area contributed by atoms with Crippen LogP contribution in [-0.4, -0.2) is 22.6 Å². The molecular formula is C14H16FN3. The van der Waals surface area contributed by atoms with E-state index in [9.17, 15) is 4.39 Å². The molecule has 18 heavy (non-hydrogen) atoms. The van der Waals surface area contributed by atoms with E-state index >= 15 is 0 Å². The van der Waals surface area contributed by atoms with Gasteiger partial charge in [0.05, 0.1) is 11.0 Å². The van der Waals surface area contributed by atoms with Gasteiger partial charge in [-0.2, -0.15) is 0 Å². The zero-order chi connectivity index (χ0) is 12.1. The summed E-state index contributed by atoms with van der Waals surface area (Å²) in [4.78, 5) is 4.65. The standard InChI is InChI=1S/C14H16FN3/c15-10-1-4-13-12(6-10)17-14(5-9-7-16-8-9)18(13)11-2-3-11/h1,4,6,9,11,16H,2-3,5,7-8H2. The number of aromatic nitrogens is 2. The van der Waals surface area contributed by atoms with Gasteiger partial charge in [0.2, 0.25) is 0 Å². The second-order valence-electron chi connectivity index (χ2n) is 5.49. The molecule has 0 unspecified atom stereocenters. The van der Waals surface area contributed by atoms with Crippen molar-refractivity contribution in [2.45, 2.75) is 25.3 Å². The third-order valence-electron chi connectivity index (χ3n) is 3.97. The molecule has 0 atom stereocenters. The van der Waals surface area contributed by atoms with E-state index < -0.39 is 0 Å². The summed E-state index contributed by atoms with van der Waals surface area (Å²) in [6, 6.07) is 5.57. The number of nitrogens with one attached hydrogen (secondary N) is 1. The van der Waals surface area contributed by atoms with Crippen molar-refractivity contribution in [1.82, 2.24) is 14.9 Å². The summed E-state index contributed by atoms with van der Waals surface area (Å²) in [6.07, 6.45) is 3.48. The van der Waals surface area contributed by atoms with E-state index in [0.717, 1.165) is 36.4 Å². The largest absolute Gasteiger partial charge is 0.325 e. The minimum atomic E-state index is -0.195. The van der Waals surface area contributed by atoms with Crippen LogP contribution < -0.4 is 5.32 Å². The second-order valence-corrected chi connectivity index (χ2v) is 5.49. The van der Waals surface area contributed by atoms with Crippen molar-refractivity contribution in [1.29, 1.82) is 0 Å².